The molecule has 0 aliphatic carbocycles. The van der Waals surface area contributed by atoms with E-state index < -0.39 is 0 Å². The lowest BCUT2D eigenvalue weighted by Gasteiger charge is -2.09. The van der Waals surface area contributed by atoms with Crippen LogP contribution in [0.2, 0.25) is 0 Å². The van der Waals surface area contributed by atoms with E-state index in [1.807, 2.05) is 35.7 Å². The van der Waals surface area contributed by atoms with Crippen LogP contribution in [0.4, 0.5) is 10.1 Å². The van der Waals surface area contributed by atoms with Gasteiger partial charge in [0, 0.05) is 23.7 Å². The molecule has 1 amide bonds. The number of halogens is 1. The number of rotatable bonds is 7. The minimum atomic E-state index is -0.335. The smallest absolute Gasteiger partial charge is 0.263 e. The standard InChI is InChI=1S/C27H20FN3O3S2/c1-31-26(33)24-22(17-7-9-18(28)10-8-17)15-35-25(24)30-27(31)36-16-23(32)29-19-11-13-21(14-12-19)34-20-5-3-2-4-6-20/h2-15H,16H2,1H3,(H,29,32). The normalized spacial score (nSPS) is 10.9. The molecule has 0 saturated heterocycles. The third kappa shape index (κ3) is 5.17. The van der Waals surface area contributed by atoms with Crippen LogP contribution in [0.3, 0.4) is 0 Å². The van der Waals surface area contributed by atoms with Gasteiger partial charge < -0.3 is 10.1 Å². The van der Waals surface area contributed by atoms with Gasteiger partial charge in [-0.3, -0.25) is 14.2 Å². The van der Waals surface area contributed by atoms with Crippen molar-refractivity contribution in [1.29, 1.82) is 0 Å². The van der Waals surface area contributed by atoms with E-state index in [2.05, 4.69) is 10.3 Å². The molecule has 180 valence electrons. The number of nitrogens with one attached hydrogen (secondary N) is 1. The molecule has 0 atom stereocenters. The van der Waals surface area contributed by atoms with E-state index >= 15 is 0 Å². The second-order valence-corrected chi connectivity index (χ2v) is 9.67. The molecule has 36 heavy (non-hydrogen) atoms. The first-order valence-electron chi connectivity index (χ1n) is 11.0. The Labute approximate surface area is 214 Å². The highest BCUT2D eigenvalue weighted by Crippen LogP contribution is 2.32. The summed E-state index contributed by atoms with van der Waals surface area (Å²) in [5.41, 5.74) is 1.90. The molecule has 2 aromatic heterocycles. The number of fused-ring (bicyclic) bond motifs is 1. The zero-order chi connectivity index (χ0) is 25.1. The number of nitrogens with zero attached hydrogens (tertiary/aromatic N) is 2. The number of carbonyl (C=O) groups excluding carboxylic acids is 1. The maximum Gasteiger partial charge on any atom is 0.263 e. The number of hydrogen-bond donors (Lipinski definition) is 1. The van der Waals surface area contributed by atoms with Crippen molar-refractivity contribution in [3.8, 4) is 22.6 Å². The molecule has 2 heterocycles. The van der Waals surface area contributed by atoms with Crippen molar-refractivity contribution < 1.29 is 13.9 Å². The van der Waals surface area contributed by atoms with Crippen LogP contribution in [0.15, 0.2) is 94.2 Å². The lowest BCUT2D eigenvalue weighted by atomic mass is 10.1. The SMILES string of the molecule is Cn1c(SCC(=O)Nc2ccc(Oc3ccccc3)cc2)nc2scc(-c3ccc(F)cc3)c2c1=O. The molecule has 6 nitrogen and oxygen atoms in total. The molecule has 0 fully saturated rings. The van der Waals surface area contributed by atoms with Gasteiger partial charge >= 0.3 is 0 Å². The highest BCUT2D eigenvalue weighted by Gasteiger charge is 2.16. The Hall–Kier alpha value is -3.95. The highest BCUT2D eigenvalue weighted by molar-refractivity contribution is 7.99. The molecule has 3 aromatic carbocycles. The molecular weight excluding hydrogens is 497 g/mol. The van der Waals surface area contributed by atoms with Crippen LogP contribution in [0.1, 0.15) is 0 Å². The Balaban J connectivity index is 1.25. The predicted octanol–water partition coefficient (Wildman–Crippen LogP) is 6.32. The minimum Gasteiger partial charge on any atom is -0.457 e. The summed E-state index contributed by atoms with van der Waals surface area (Å²) in [6.45, 7) is 0. The topological polar surface area (TPSA) is 73.2 Å². The fraction of sp³-hybridized carbons (Fsp3) is 0.0741. The van der Waals surface area contributed by atoms with Gasteiger partial charge in [-0.05, 0) is 54.1 Å². The van der Waals surface area contributed by atoms with E-state index in [4.69, 9.17) is 4.74 Å². The Morgan fingerprint density at radius 2 is 1.72 bits per heavy atom. The quantitative estimate of drug-likeness (QED) is 0.202. The highest BCUT2D eigenvalue weighted by atomic mass is 32.2. The zero-order valence-electron chi connectivity index (χ0n) is 19.1. The van der Waals surface area contributed by atoms with Crippen molar-refractivity contribution in [3.05, 3.63) is 100 Å². The molecule has 5 aromatic rings. The van der Waals surface area contributed by atoms with E-state index in [0.717, 1.165) is 16.9 Å². The lowest BCUT2D eigenvalue weighted by Crippen LogP contribution is -2.21. The average molecular weight is 518 g/mol. The molecule has 0 bridgehead atoms. The summed E-state index contributed by atoms with van der Waals surface area (Å²) >= 11 is 2.53. The summed E-state index contributed by atoms with van der Waals surface area (Å²) in [6.07, 6.45) is 0. The molecule has 0 spiro atoms. The summed E-state index contributed by atoms with van der Waals surface area (Å²) in [6, 6.07) is 22.6. The van der Waals surface area contributed by atoms with Gasteiger partial charge in [0.1, 0.15) is 22.1 Å². The number of thioether (sulfide) groups is 1. The third-order valence-electron chi connectivity index (χ3n) is 5.38. The largest absolute Gasteiger partial charge is 0.457 e. The number of ether oxygens (including phenoxy) is 1. The fourth-order valence-corrected chi connectivity index (χ4v) is 5.34. The maximum atomic E-state index is 13.3. The minimum absolute atomic E-state index is 0.0875. The first-order valence-corrected chi connectivity index (χ1v) is 12.8. The Morgan fingerprint density at radius 3 is 2.44 bits per heavy atom. The van der Waals surface area contributed by atoms with Gasteiger partial charge in [-0.2, -0.15) is 0 Å². The van der Waals surface area contributed by atoms with Crippen LogP contribution in [0.25, 0.3) is 21.3 Å². The summed E-state index contributed by atoms with van der Waals surface area (Å²) in [7, 11) is 1.63. The summed E-state index contributed by atoms with van der Waals surface area (Å²) in [5.74, 6) is 0.930. The molecule has 0 aliphatic heterocycles. The summed E-state index contributed by atoms with van der Waals surface area (Å²) in [5, 5.41) is 5.62. The number of hydrogen-bond acceptors (Lipinski definition) is 6. The Morgan fingerprint density at radius 1 is 1.03 bits per heavy atom. The first-order chi connectivity index (χ1) is 17.5. The molecule has 1 N–H and O–H groups in total. The van der Waals surface area contributed by atoms with Gasteiger partial charge in [0.15, 0.2) is 5.16 Å². The van der Waals surface area contributed by atoms with Crippen molar-refractivity contribution >= 4 is 44.9 Å². The van der Waals surface area contributed by atoms with Crippen LogP contribution >= 0.6 is 23.1 Å². The van der Waals surface area contributed by atoms with Gasteiger partial charge in [0.2, 0.25) is 5.91 Å². The molecular formula is C27H20FN3O3S2. The second-order valence-electron chi connectivity index (χ2n) is 7.87. The maximum absolute atomic E-state index is 13.3. The van der Waals surface area contributed by atoms with Crippen molar-refractivity contribution in [1.82, 2.24) is 9.55 Å². The second kappa shape index (κ2) is 10.3. The van der Waals surface area contributed by atoms with Crippen LogP contribution in [0, 0.1) is 5.82 Å². The predicted molar refractivity (Wildman–Crippen MR) is 143 cm³/mol. The van der Waals surface area contributed by atoms with E-state index in [1.165, 1.54) is 39.8 Å². The van der Waals surface area contributed by atoms with E-state index in [0.29, 0.717) is 26.8 Å². The van der Waals surface area contributed by atoms with Crippen LogP contribution in [-0.2, 0) is 11.8 Å². The number of anilines is 1. The first kappa shape index (κ1) is 23.8. The average Bonchev–Trinajstić information content (AvgIpc) is 3.32. The van der Waals surface area contributed by atoms with E-state index in [9.17, 15) is 14.0 Å². The monoisotopic (exact) mass is 517 g/mol. The lowest BCUT2D eigenvalue weighted by molar-refractivity contribution is -0.113. The van der Waals surface area contributed by atoms with Gasteiger partial charge in [-0.1, -0.05) is 42.1 Å². The molecule has 0 radical (unpaired) electrons. The van der Waals surface area contributed by atoms with Crippen LogP contribution in [-0.4, -0.2) is 21.2 Å². The number of carbonyl (C=O) groups is 1. The number of thiophene rings is 1. The molecule has 0 unspecified atom stereocenters. The van der Waals surface area contributed by atoms with Crippen molar-refractivity contribution in [2.75, 3.05) is 11.1 Å². The molecule has 0 saturated carbocycles. The molecule has 9 heteroatoms. The van der Waals surface area contributed by atoms with E-state index in [1.54, 1.807) is 43.4 Å². The number of benzene rings is 3. The van der Waals surface area contributed by atoms with Gasteiger partial charge in [0.25, 0.3) is 5.56 Å². The molecule has 5 rings (SSSR count). The van der Waals surface area contributed by atoms with Crippen molar-refractivity contribution in [3.63, 3.8) is 0 Å². The Kier molecular flexibility index (Phi) is 6.84. The number of para-hydroxylation sites is 1. The van der Waals surface area contributed by atoms with Crippen LogP contribution in [0.5, 0.6) is 11.5 Å². The third-order valence-corrected chi connectivity index (χ3v) is 7.28. The number of amides is 1. The van der Waals surface area contributed by atoms with Gasteiger partial charge in [-0.15, -0.1) is 11.3 Å². The van der Waals surface area contributed by atoms with Gasteiger partial charge in [-0.25, -0.2) is 9.37 Å². The van der Waals surface area contributed by atoms with Crippen molar-refractivity contribution in [2.24, 2.45) is 7.05 Å². The number of aromatic nitrogens is 2. The van der Waals surface area contributed by atoms with Gasteiger partial charge in [0.05, 0.1) is 11.1 Å². The summed E-state index contributed by atoms with van der Waals surface area (Å²) < 4.78 is 20.5. The fourth-order valence-electron chi connectivity index (χ4n) is 3.58. The molecule has 0 aliphatic rings. The Bertz CT molecular complexity index is 1580. The zero-order valence-corrected chi connectivity index (χ0v) is 20.7. The van der Waals surface area contributed by atoms with Crippen LogP contribution < -0.4 is 15.6 Å². The van der Waals surface area contributed by atoms with E-state index in [-0.39, 0.29) is 23.0 Å². The van der Waals surface area contributed by atoms with Crippen molar-refractivity contribution in [2.45, 2.75) is 5.16 Å². The summed E-state index contributed by atoms with van der Waals surface area (Å²) in [4.78, 5) is 30.8.